The van der Waals surface area contributed by atoms with E-state index in [2.05, 4.69) is 20.8 Å². The molecule has 0 saturated carbocycles. The Morgan fingerprint density at radius 3 is 1.20 bits per heavy atom. The molecule has 0 aromatic rings. The van der Waals surface area contributed by atoms with Crippen molar-refractivity contribution >= 4 is 23.1 Å². The van der Waals surface area contributed by atoms with E-state index in [1.165, 1.54) is 0 Å². The largest absolute Gasteiger partial charge is 2.00 e. The van der Waals surface area contributed by atoms with Crippen molar-refractivity contribution in [1.82, 2.24) is 0 Å². The van der Waals surface area contributed by atoms with E-state index in [9.17, 15) is 0 Å². The molecular formula is C4H12Mg. The van der Waals surface area contributed by atoms with Crippen LogP contribution in [0.5, 0.6) is 0 Å². The van der Waals surface area contributed by atoms with Crippen molar-refractivity contribution in [2.45, 2.75) is 20.8 Å². The number of hydrogen-bond acceptors (Lipinski definition) is 0. The molecule has 0 radical (unpaired) electrons. The maximum absolute atomic E-state index is 2.17. The summed E-state index contributed by atoms with van der Waals surface area (Å²) in [6, 6.07) is 0. The fourth-order valence-electron chi connectivity index (χ4n) is 0. The van der Waals surface area contributed by atoms with Crippen molar-refractivity contribution in [2.24, 2.45) is 5.92 Å². The van der Waals surface area contributed by atoms with Gasteiger partial charge in [0.25, 0.3) is 0 Å². The Bertz CT molecular complexity index is 14.4. The minimum atomic E-state index is 0. The van der Waals surface area contributed by atoms with Crippen LogP contribution < -0.4 is 0 Å². The third-order valence-corrected chi connectivity index (χ3v) is 0. The zero-order valence-corrected chi connectivity index (χ0v) is 5.70. The van der Waals surface area contributed by atoms with Crippen LogP contribution in [0.4, 0.5) is 0 Å². The predicted molar refractivity (Wildman–Crippen MR) is 28.5 cm³/mol. The fourth-order valence-corrected chi connectivity index (χ4v) is 0. The second-order valence-corrected chi connectivity index (χ2v) is 1.73. The first-order valence-electron chi connectivity index (χ1n) is 1.73. The van der Waals surface area contributed by atoms with Gasteiger partial charge in [-0.15, -0.1) is 0 Å². The molecule has 0 nitrogen and oxygen atoms in total. The summed E-state index contributed by atoms with van der Waals surface area (Å²) in [4.78, 5) is 0. The van der Waals surface area contributed by atoms with Gasteiger partial charge in [-0.05, 0) is 5.92 Å². The normalized spacial score (nSPS) is 7.20. The monoisotopic (exact) mass is 84.1 g/mol. The van der Waals surface area contributed by atoms with Crippen molar-refractivity contribution in [3.8, 4) is 0 Å². The summed E-state index contributed by atoms with van der Waals surface area (Å²) >= 11 is 0. The summed E-state index contributed by atoms with van der Waals surface area (Å²) < 4.78 is 0. The smallest absolute Gasteiger partial charge is 1.00 e. The predicted octanol–water partition coefficient (Wildman–Crippen LogP) is 1.51. The molecule has 0 saturated heterocycles. The van der Waals surface area contributed by atoms with Crippen LogP contribution in [0.1, 0.15) is 23.6 Å². The first-order chi connectivity index (χ1) is 1.73. The molecule has 1 heteroatoms. The van der Waals surface area contributed by atoms with Gasteiger partial charge in [-0.2, -0.15) is 0 Å². The number of hydrogen-bond donors (Lipinski definition) is 0. The van der Waals surface area contributed by atoms with Crippen molar-refractivity contribution in [3.05, 3.63) is 0 Å². The molecule has 0 heterocycles. The molecule has 5 heavy (non-hydrogen) atoms. The van der Waals surface area contributed by atoms with Crippen LogP contribution in [-0.2, 0) is 0 Å². The van der Waals surface area contributed by atoms with Gasteiger partial charge in [-0.3, -0.25) is 0 Å². The summed E-state index contributed by atoms with van der Waals surface area (Å²) in [5, 5.41) is 0. The van der Waals surface area contributed by atoms with Gasteiger partial charge in [-0.1, -0.05) is 20.8 Å². The van der Waals surface area contributed by atoms with E-state index in [1.54, 1.807) is 0 Å². The van der Waals surface area contributed by atoms with E-state index >= 15 is 0 Å². The standard InChI is InChI=1S/C4H10.Mg.2H/c1-4(2)3;;;/h4H,1-3H3;;;/q;+2;2*-1. The fraction of sp³-hybridized carbons (Fsp3) is 1.00. The topological polar surface area (TPSA) is 0 Å². The molecule has 0 atom stereocenters. The van der Waals surface area contributed by atoms with E-state index in [0.29, 0.717) is 0 Å². The average Bonchev–Trinajstić information content (AvgIpc) is 0.811. The molecule has 0 aliphatic carbocycles. The Labute approximate surface area is 53.1 Å². The van der Waals surface area contributed by atoms with E-state index in [-0.39, 0.29) is 25.9 Å². The summed E-state index contributed by atoms with van der Waals surface area (Å²) in [5.41, 5.74) is 0. The quantitative estimate of drug-likeness (QED) is 0.390. The average molecular weight is 84.4 g/mol. The molecule has 0 aromatic carbocycles. The Balaban J connectivity index is -0.0000000150. The summed E-state index contributed by atoms with van der Waals surface area (Å²) in [6.45, 7) is 6.50. The number of rotatable bonds is 0. The first-order valence-corrected chi connectivity index (χ1v) is 1.73. The van der Waals surface area contributed by atoms with Gasteiger partial charge in [0.1, 0.15) is 0 Å². The zero-order chi connectivity index (χ0) is 3.58. The van der Waals surface area contributed by atoms with Gasteiger partial charge in [0.15, 0.2) is 0 Å². The van der Waals surface area contributed by atoms with Crippen LogP contribution in [0.25, 0.3) is 0 Å². The van der Waals surface area contributed by atoms with Crippen LogP contribution in [0.3, 0.4) is 0 Å². The van der Waals surface area contributed by atoms with Crippen LogP contribution in [0.15, 0.2) is 0 Å². The van der Waals surface area contributed by atoms with Gasteiger partial charge in [-0.25, -0.2) is 0 Å². The molecule has 30 valence electrons. The summed E-state index contributed by atoms with van der Waals surface area (Å²) in [6.07, 6.45) is 0. The third kappa shape index (κ3) is 62.1. The summed E-state index contributed by atoms with van der Waals surface area (Å²) in [7, 11) is 0. The van der Waals surface area contributed by atoms with Crippen molar-refractivity contribution in [2.75, 3.05) is 0 Å². The van der Waals surface area contributed by atoms with Crippen LogP contribution in [0, 0.1) is 5.92 Å². The van der Waals surface area contributed by atoms with E-state index in [4.69, 9.17) is 0 Å². The van der Waals surface area contributed by atoms with Crippen LogP contribution in [-0.4, -0.2) is 23.1 Å². The van der Waals surface area contributed by atoms with Crippen LogP contribution in [0.2, 0.25) is 0 Å². The molecule has 0 aromatic heterocycles. The Morgan fingerprint density at radius 2 is 1.20 bits per heavy atom. The van der Waals surface area contributed by atoms with Crippen molar-refractivity contribution in [3.63, 3.8) is 0 Å². The second-order valence-electron chi connectivity index (χ2n) is 1.73. The Hall–Kier alpha value is 0.766. The van der Waals surface area contributed by atoms with Crippen molar-refractivity contribution in [1.29, 1.82) is 0 Å². The Morgan fingerprint density at radius 1 is 1.20 bits per heavy atom. The molecule has 0 aliphatic rings. The molecule has 0 fully saturated rings. The van der Waals surface area contributed by atoms with E-state index in [1.807, 2.05) is 0 Å². The molecular weight excluding hydrogens is 72.3 g/mol. The maximum atomic E-state index is 2.17. The minimum Gasteiger partial charge on any atom is -1.00 e. The zero-order valence-electron chi connectivity index (χ0n) is 6.28. The molecule has 0 bridgehead atoms. The molecule has 0 spiro atoms. The maximum Gasteiger partial charge on any atom is 2.00 e. The van der Waals surface area contributed by atoms with Crippen LogP contribution >= 0.6 is 0 Å². The van der Waals surface area contributed by atoms with Gasteiger partial charge in [0.05, 0.1) is 0 Å². The van der Waals surface area contributed by atoms with E-state index in [0.717, 1.165) is 5.92 Å². The van der Waals surface area contributed by atoms with Crippen molar-refractivity contribution < 1.29 is 2.85 Å². The molecule has 0 amide bonds. The Kier molecular flexibility index (Phi) is 8.80. The van der Waals surface area contributed by atoms with Gasteiger partial charge in [0, 0.05) is 0 Å². The molecule has 0 unspecified atom stereocenters. The van der Waals surface area contributed by atoms with Gasteiger partial charge >= 0.3 is 23.1 Å². The SMILES string of the molecule is CC(C)C.[H-].[H-].[Mg+2]. The minimum absolute atomic E-state index is 0. The summed E-state index contributed by atoms with van der Waals surface area (Å²) in [5.74, 6) is 0.833. The molecule has 0 N–H and O–H groups in total. The van der Waals surface area contributed by atoms with Gasteiger partial charge in [0.2, 0.25) is 0 Å². The first kappa shape index (κ1) is 9.23. The van der Waals surface area contributed by atoms with E-state index < -0.39 is 0 Å². The molecule has 0 aliphatic heterocycles. The second kappa shape index (κ2) is 4.77. The molecule has 0 rings (SSSR count). The third-order valence-electron chi connectivity index (χ3n) is 0. The van der Waals surface area contributed by atoms with Gasteiger partial charge < -0.3 is 2.85 Å².